The van der Waals surface area contributed by atoms with Gasteiger partial charge in [-0.2, -0.15) is 0 Å². The van der Waals surface area contributed by atoms with E-state index in [1.165, 1.54) is 13.2 Å². The van der Waals surface area contributed by atoms with E-state index in [1.807, 2.05) is 0 Å². The van der Waals surface area contributed by atoms with Crippen LogP contribution in [-0.4, -0.2) is 20.5 Å². The van der Waals surface area contributed by atoms with Gasteiger partial charge in [0.05, 0.1) is 12.0 Å². The first-order valence-corrected chi connectivity index (χ1v) is 8.02. The van der Waals surface area contributed by atoms with Gasteiger partial charge in [-0.25, -0.2) is 13.1 Å². The Labute approximate surface area is 126 Å². The van der Waals surface area contributed by atoms with E-state index in [9.17, 15) is 8.42 Å². The monoisotopic (exact) mass is 356 g/mol. The summed E-state index contributed by atoms with van der Waals surface area (Å²) in [7, 11) is -2.14. The summed E-state index contributed by atoms with van der Waals surface area (Å²) in [6.07, 6.45) is 3.25. The third-order valence-corrected chi connectivity index (χ3v) is 5.01. The second-order valence-electron chi connectivity index (χ2n) is 3.98. The first-order chi connectivity index (χ1) is 9.53. The number of aromatic nitrogens is 1. The van der Waals surface area contributed by atoms with Crippen LogP contribution in [-0.2, 0) is 16.6 Å². The molecule has 2 rings (SSSR count). The highest BCUT2D eigenvalue weighted by Crippen LogP contribution is 2.26. The molecule has 0 spiro atoms. The molecule has 2 aromatic rings. The van der Waals surface area contributed by atoms with Gasteiger partial charge in [-0.3, -0.25) is 4.98 Å². The molecule has 5 nitrogen and oxygen atoms in total. The zero-order valence-electron chi connectivity index (χ0n) is 10.7. The molecular weight excluding hydrogens is 344 g/mol. The van der Waals surface area contributed by atoms with Crippen molar-refractivity contribution >= 4 is 26.0 Å². The average molecular weight is 357 g/mol. The summed E-state index contributed by atoms with van der Waals surface area (Å²) >= 11 is 3.23. The van der Waals surface area contributed by atoms with Crippen molar-refractivity contribution in [3.63, 3.8) is 0 Å². The van der Waals surface area contributed by atoms with Crippen LogP contribution in [0.2, 0.25) is 0 Å². The molecule has 7 heteroatoms. The van der Waals surface area contributed by atoms with Crippen LogP contribution in [0.15, 0.2) is 52.1 Å². The Kier molecular flexibility index (Phi) is 4.74. The number of pyridine rings is 1. The number of benzene rings is 1. The number of hydrogen-bond acceptors (Lipinski definition) is 4. The molecule has 0 radical (unpaired) electrons. The van der Waals surface area contributed by atoms with Crippen molar-refractivity contribution in [3.05, 3.63) is 52.8 Å². The van der Waals surface area contributed by atoms with Crippen LogP contribution in [0, 0.1) is 0 Å². The van der Waals surface area contributed by atoms with Crippen molar-refractivity contribution in [2.75, 3.05) is 7.11 Å². The molecular formula is C13H13BrN2O3S. The SMILES string of the molecule is COc1ccc(Br)c(S(=O)(=O)NCc2cccnc2)c1. The van der Waals surface area contributed by atoms with Gasteiger partial charge in [0.25, 0.3) is 0 Å². The van der Waals surface area contributed by atoms with Crippen LogP contribution in [0.25, 0.3) is 0 Å². The molecule has 0 atom stereocenters. The molecule has 1 N–H and O–H groups in total. The minimum absolute atomic E-state index is 0.140. The standard InChI is InChI=1S/C13H13BrN2O3S/c1-19-11-4-5-12(14)13(7-11)20(17,18)16-9-10-3-2-6-15-8-10/h2-8,16H,9H2,1H3. The van der Waals surface area contributed by atoms with Crippen molar-refractivity contribution in [2.45, 2.75) is 11.4 Å². The summed E-state index contributed by atoms with van der Waals surface area (Å²) in [4.78, 5) is 4.08. The molecule has 106 valence electrons. The van der Waals surface area contributed by atoms with Crippen LogP contribution in [0.1, 0.15) is 5.56 Å². The summed E-state index contributed by atoms with van der Waals surface area (Å²) < 4.78 is 32.6. The average Bonchev–Trinajstić information content (AvgIpc) is 2.47. The normalized spacial score (nSPS) is 11.3. The molecule has 0 saturated heterocycles. The molecule has 20 heavy (non-hydrogen) atoms. The van der Waals surface area contributed by atoms with Gasteiger partial charge in [-0.05, 0) is 39.7 Å². The number of hydrogen-bond donors (Lipinski definition) is 1. The van der Waals surface area contributed by atoms with Gasteiger partial charge < -0.3 is 4.74 Å². The fourth-order valence-electron chi connectivity index (χ4n) is 1.58. The predicted octanol–water partition coefficient (Wildman–Crippen LogP) is 2.33. The summed E-state index contributed by atoms with van der Waals surface area (Å²) in [5.41, 5.74) is 0.787. The predicted molar refractivity (Wildman–Crippen MR) is 79.0 cm³/mol. The Morgan fingerprint density at radius 2 is 2.15 bits per heavy atom. The highest BCUT2D eigenvalue weighted by molar-refractivity contribution is 9.10. The Morgan fingerprint density at radius 3 is 2.80 bits per heavy atom. The molecule has 0 fully saturated rings. The zero-order valence-corrected chi connectivity index (χ0v) is 13.1. The minimum Gasteiger partial charge on any atom is -0.497 e. The van der Waals surface area contributed by atoms with Crippen LogP contribution in [0.5, 0.6) is 5.75 Å². The highest BCUT2D eigenvalue weighted by atomic mass is 79.9. The molecule has 0 aliphatic rings. The Hall–Kier alpha value is -1.44. The molecule has 0 unspecified atom stereocenters. The number of ether oxygens (including phenoxy) is 1. The molecule has 0 bridgehead atoms. The maximum atomic E-state index is 12.3. The molecule has 0 saturated carbocycles. The third kappa shape index (κ3) is 3.56. The maximum absolute atomic E-state index is 12.3. The van der Waals surface area contributed by atoms with Crippen LogP contribution in [0.4, 0.5) is 0 Å². The number of nitrogens with zero attached hydrogens (tertiary/aromatic N) is 1. The maximum Gasteiger partial charge on any atom is 0.242 e. The van der Waals surface area contributed by atoms with Crippen LogP contribution < -0.4 is 9.46 Å². The first-order valence-electron chi connectivity index (χ1n) is 5.75. The van der Waals surface area contributed by atoms with E-state index in [-0.39, 0.29) is 11.4 Å². The summed E-state index contributed by atoms with van der Waals surface area (Å²) in [6, 6.07) is 8.35. The van der Waals surface area contributed by atoms with Crippen LogP contribution in [0.3, 0.4) is 0 Å². The zero-order chi connectivity index (χ0) is 14.6. The number of nitrogens with one attached hydrogen (secondary N) is 1. The van der Waals surface area contributed by atoms with Gasteiger partial charge in [0.1, 0.15) is 5.75 Å². The van der Waals surface area contributed by atoms with E-state index in [4.69, 9.17) is 4.74 Å². The second kappa shape index (κ2) is 6.34. The van der Waals surface area contributed by atoms with Gasteiger partial charge in [-0.1, -0.05) is 6.07 Å². The van der Waals surface area contributed by atoms with Crippen molar-refractivity contribution in [1.29, 1.82) is 0 Å². The number of sulfonamides is 1. The number of halogens is 1. The Balaban J connectivity index is 2.22. The van der Waals surface area contributed by atoms with Crippen LogP contribution >= 0.6 is 15.9 Å². The fourth-order valence-corrected chi connectivity index (χ4v) is 3.57. The van der Waals surface area contributed by atoms with Gasteiger partial charge in [0, 0.05) is 29.5 Å². The van der Waals surface area contributed by atoms with Gasteiger partial charge in [0.15, 0.2) is 0 Å². The van der Waals surface area contributed by atoms with E-state index in [0.717, 1.165) is 5.56 Å². The smallest absolute Gasteiger partial charge is 0.242 e. The minimum atomic E-state index is -3.63. The van der Waals surface area contributed by atoms with E-state index in [2.05, 4.69) is 25.6 Å². The second-order valence-corrected chi connectivity index (χ2v) is 6.57. The van der Waals surface area contributed by atoms with Crippen molar-refractivity contribution in [1.82, 2.24) is 9.71 Å². The summed E-state index contributed by atoms with van der Waals surface area (Å²) in [5.74, 6) is 0.481. The topological polar surface area (TPSA) is 68.3 Å². The van der Waals surface area contributed by atoms with E-state index < -0.39 is 10.0 Å². The van der Waals surface area contributed by atoms with Gasteiger partial charge in [-0.15, -0.1) is 0 Å². The third-order valence-electron chi connectivity index (χ3n) is 2.62. The Bertz CT molecular complexity index is 690. The van der Waals surface area contributed by atoms with Crippen molar-refractivity contribution in [2.24, 2.45) is 0 Å². The summed E-state index contributed by atoms with van der Waals surface area (Å²) in [6.45, 7) is 0.180. The molecule has 1 aromatic carbocycles. The van der Waals surface area contributed by atoms with Crippen molar-refractivity contribution in [3.8, 4) is 5.75 Å². The number of rotatable bonds is 5. The largest absolute Gasteiger partial charge is 0.497 e. The first kappa shape index (κ1) is 15.0. The quantitative estimate of drug-likeness (QED) is 0.892. The Morgan fingerprint density at radius 1 is 1.35 bits per heavy atom. The highest BCUT2D eigenvalue weighted by Gasteiger charge is 2.18. The summed E-state index contributed by atoms with van der Waals surface area (Å²) in [5, 5.41) is 0. The van der Waals surface area contributed by atoms with Gasteiger partial charge >= 0.3 is 0 Å². The van der Waals surface area contributed by atoms with E-state index in [0.29, 0.717) is 10.2 Å². The number of methoxy groups -OCH3 is 1. The van der Waals surface area contributed by atoms with E-state index in [1.54, 1.807) is 36.7 Å². The molecule has 1 aromatic heterocycles. The fraction of sp³-hybridized carbons (Fsp3) is 0.154. The lowest BCUT2D eigenvalue weighted by Gasteiger charge is -2.10. The van der Waals surface area contributed by atoms with Crippen molar-refractivity contribution < 1.29 is 13.2 Å². The molecule has 0 aliphatic heterocycles. The lowest BCUT2D eigenvalue weighted by molar-refractivity contribution is 0.413. The van der Waals surface area contributed by atoms with E-state index >= 15 is 0 Å². The van der Waals surface area contributed by atoms with Gasteiger partial charge in [0.2, 0.25) is 10.0 Å². The molecule has 1 heterocycles. The molecule has 0 amide bonds. The lowest BCUT2D eigenvalue weighted by atomic mass is 10.3. The molecule has 0 aliphatic carbocycles. The lowest BCUT2D eigenvalue weighted by Crippen LogP contribution is -2.23.